The van der Waals surface area contributed by atoms with E-state index in [0.717, 1.165) is 38.9 Å². The molecule has 4 atom stereocenters. The molecule has 0 aromatic rings. The lowest BCUT2D eigenvalue weighted by atomic mass is 9.83. The van der Waals surface area contributed by atoms with E-state index in [4.69, 9.17) is 5.73 Å². The summed E-state index contributed by atoms with van der Waals surface area (Å²) in [6, 6.07) is 0.530. The van der Waals surface area contributed by atoms with Gasteiger partial charge in [0.1, 0.15) is 5.54 Å². The van der Waals surface area contributed by atoms with Crippen molar-refractivity contribution in [1.82, 2.24) is 10.2 Å². The van der Waals surface area contributed by atoms with Gasteiger partial charge in [0.2, 0.25) is 5.91 Å². The van der Waals surface area contributed by atoms with Crippen LogP contribution in [-0.2, 0) is 4.79 Å². The summed E-state index contributed by atoms with van der Waals surface area (Å²) < 4.78 is 0. The molecule has 0 radical (unpaired) electrons. The van der Waals surface area contributed by atoms with Crippen molar-refractivity contribution in [2.24, 2.45) is 23.5 Å². The van der Waals surface area contributed by atoms with E-state index in [1.807, 2.05) is 0 Å². The van der Waals surface area contributed by atoms with Crippen LogP contribution in [0.4, 0.5) is 0 Å². The lowest BCUT2D eigenvalue weighted by Crippen LogP contribution is -2.65. The molecule has 1 heterocycles. The minimum atomic E-state index is -0.513. The highest BCUT2D eigenvalue weighted by molar-refractivity contribution is 5.86. The highest BCUT2D eigenvalue weighted by atomic mass is 16.1. The number of likely N-dealkylation sites (tertiary alicyclic amines) is 1. The Bertz CT molecular complexity index is 369. The summed E-state index contributed by atoms with van der Waals surface area (Å²) in [5.41, 5.74) is 5.34. The van der Waals surface area contributed by atoms with Gasteiger partial charge >= 0.3 is 0 Å². The van der Waals surface area contributed by atoms with Gasteiger partial charge < -0.3 is 11.1 Å². The minimum absolute atomic E-state index is 0.156. The van der Waals surface area contributed by atoms with Crippen LogP contribution in [0.25, 0.3) is 0 Å². The Balaban J connectivity index is 2.15. The van der Waals surface area contributed by atoms with E-state index in [1.165, 1.54) is 6.42 Å². The quantitative estimate of drug-likeness (QED) is 0.755. The zero-order chi connectivity index (χ0) is 15.6. The molecule has 0 aromatic carbocycles. The highest BCUT2D eigenvalue weighted by Gasteiger charge is 2.51. The summed E-state index contributed by atoms with van der Waals surface area (Å²) in [5, 5.41) is 3.53. The fraction of sp³-hybridized carbons (Fsp3) is 0.941. The first-order valence-electron chi connectivity index (χ1n) is 8.69. The second-order valence-electron chi connectivity index (χ2n) is 7.52. The number of carbonyl (C=O) groups is 1. The number of piperidine rings is 1. The van der Waals surface area contributed by atoms with Crippen molar-refractivity contribution in [2.75, 3.05) is 19.6 Å². The molecule has 3 N–H and O–H groups in total. The van der Waals surface area contributed by atoms with Gasteiger partial charge in [-0.1, -0.05) is 20.8 Å². The Morgan fingerprint density at radius 2 is 2.00 bits per heavy atom. The molecule has 1 saturated heterocycles. The van der Waals surface area contributed by atoms with Crippen LogP contribution in [0.5, 0.6) is 0 Å². The summed E-state index contributed by atoms with van der Waals surface area (Å²) in [4.78, 5) is 14.8. The van der Waals surface area contributed by atoms with Crippen molar-refractivity contribution in [3.63, 3.8) is 0 Å². The third-order valence-electron chi connectivity index (χ3n) is 5.58. The Hall–Kier alpha value is -0.610. The van der Waals surface area contributed by atoms with E-state index in [0.29, 0.717) is 23.8 Å². The molecule has 1 aliphatic heterocycles. The van der Waals surface area contributed by atoms with E-state index < -0.39 is 5.54 Å². The van der Waals surface area contributed by atoms with E-state index in [2.05, 4.69) is 37.9 Å². The summed E-state index contributed by atoms with van der Waals surface area (Å²) in [6.45, 7) is 11.8. The molecule has 4 nitrogen and oxygen atoms in total. The van der Waals surface area contributed by atoms with Crippen LogP contribution in [0, 0.1) is 17.8 Å². The molecule has 0 aromatic heterocycles. The second kappa shape index (κ2) is 6.66. The first-order chi connectivity index (χ1) is 9.90. The van der Waals surface area contributed by atoms with Gasteiger partial charge in [0.25, 0.3) is 0 Å². The van der Waals surface area contributed by atoms with Crippen molar-refractivity contribution in [3.05, 3.63) is 0 Å². The first kappa shape index (κ1) is 16.8. The molecule has 0 bridgehead atoms. The fourth-order valence-corrected chi connectivity index (χ4v) is 3.98. The van der Waals surface area contributed by atoms with Crippen LogP contribution >= 0.6 is 0 Å². The highest BCUT2D eigenvalue weighted by Crippen LogP contribution is 2.41. The predicted molar refractivity (Wildman–Crippen MR) is 86.9 cm³/mol. The second-order valence-corrected chi connectivity index (χ2v) is 7.52. The van der Waals surface area contributed by atoms with E-state index >= 15 is 0 Å². The molecule has 1 amide bonds. The van der Waals surface area contributed by atoms with Gasteiger partial charge in [-0.3, -0.25) is 9.69 Å². The average molecular weight is 295 g/mol. The molecular formula is C17H33N3O. The summed E-state index contributed by atoms with van der Waals surface area (Å²) in [6.07, 6.45) is 4.58. The third-order valence-corrected chi connectivity index (χ3v) is 5.58. The standard InChI is InChI=1S/C17H33N3O/c1-5-8-19-17(16(18)21,15-6-7-15)11-20-10-12(2)9-13(3)14(20)4/h12-15,19H,5-11H2,1-4H3,(H2,18,21). The molecule has 2 rings (SSSR count). The number of hydrogen-bond donors (Lipinski definition) is 2. The van der Waals surface area contributed by atoms with Crippen molar-refractivity contribution < 1.29 is 4.79 Å². The largest absolute Gasteiger partial charge is 0.368 e. The first-order valence-corrected chi connectivity index (χ1v) is 8.69. The number of nitrogens with two attached hydrogens (primary N) is 1. The molecule has 122 valence electrons. The van der Waals surface area contributed by atoms with Gasteiger partial charge in [0.15, 0.2) is 0 Å². The Labute approximate surface area is 129 Å². The van der Waals surface area contributed by atoms with E-state index in [1.54, 1.807) is 0 Å². The zero-order valence-corrected chi connectivity index (χ0v) is 14.2. The Morgan fingerprint density at radius 1 is 1.33 bits per heavy atom. The van der Waals surface area contributed by atoms with Gasteiger partial charge in [-0.05, 0) is 56.9 Å². The molecule has 21 heavy (non-hydrogen) atoms. The SMILES string of the molecule is CCCNC(CN1CC(C)CC(C)C1C)(C(N)=O)C1CC1. The fourth-order valence-electron chi connectivity index (χ4n) is 3.98. The van der Waals surface area contributed by atoms with Crippen LogP contribution in [0.3, 0.4) is 0 Å². The number of carbonyl (C=O) groups excluding carboxylic acids is 1. The minimum Gasteiger partial charge on any atom is -0.368 e. The molecule has 2 fully saturated rings. The molecule has 1 saturated carbocycles. The van der Waals surface area contributed by atoms with E-state index in [9.17, 15) is 4.79 Å². The number of nitrogens with zero attached hydrogens (tertiary/aromatic N) is 1. The summed E-state index contributed by atoms with van der Waals surface area (Å²) in [5.74, 6) is 1.66. The van der Waals surface area contributed by atoms with Crippen molar-refractivity contribution in [2.45, 2.75) is 65.0 Å². The summed E-state index contributed by atoms with van der Waals surface area (Å²) in [7, 11) is 0. The smallest absolute Gasteiger partial charge is 0.239 e. The van der Waals surface area contributed by atoms with Crippen LogP contribution in [-0.4, -0.2) is 42.0 Å². The predicted octanol–water partition coefficient (Wildman–Crippen LogP) is 1.99. The molecule has 2 aliphatic rings. The maximum atomic E-state index is 12.3. The maximum Gasteiger partial charge on any atom is 0.239 e. The maximum absolute atomic E-state index is 12.3. The summed E-state index contributed by atoms with van der Waals surface area (Å²) >= 11 is 0. The number of amides is 1. The Morgan fingerprint density at radius 3 is 2.52 bits per heavy atom. The Kier molecular flexibility index (Phi) is 5.31. The van der Waals surface area contributed by atoms with Crippen LogP contribution < -0.4 is 11.1 Å². The lowest BCUT2D eigenvalue weighted by molar-refractivity contribution is -0.127. The topological polar surface area (TPSA) is 58.4 Å². The van der Waals surface area contributed by atoms with Crippen LogP contribution in [0.15, 0.2) is 0 Å². The van der Waals surface area contributed by atoms with E-state index in [-0.39, 0.29) is 5.91 Å². The number of nitrogens with one attached hydrogen (secondary N) is 1. The zero-order valence-electron chi connectivity index (χ0n) is 14.2. The molecule has 4 heteroatoms. The van der Waals surface area contributed by atoms with Gasteiger partial charge in [-0.2, -0.15) is 0 Å². The molecule has 0 spiro atoms. The van der Waals surface area contributed by atoms with Gasteiger partial charge in [-0.25, -0.2) is 0 Å². The normalized spacial score (nSPS) is 33.6. The third kappa shape index (κ3) is 3.59. The van der Waals surface area contributed by atoms with Gasteiger partial charge in [0.05, 0.1) is 0 Å². The van der Waals surface area contributed by atoms with Crippen molar-refractivity contribution in [1.29, 1.82) is 0 Å². The van der Waals surface area contributed by atoms with Gasteiger partial charge in [-0.15, -0.1) is 0 Å². The number of rotatable bonds is 7. The number of hydrogen-bond acceptors (Lipinski definition) is 3. The van der Waals surface area contributed by atoms with Gasteiger partial charge in [0, 0.05) is 19.1 Å². The number of primary amides is 1. The average Bonchev–Trinajstić information content (AvgIpc) is 3.24. The van der Waals surface area contributed by atoms with Crippen molar-refractivity contribution in [3.8, 4) is 0 Å². The van der Waals surface area contributed by atoms with Crippen LogP contribution in [0.1, 0.15) is 53.4 Å². The molecule has 4 unspecified atom stereocenters. The lowest BCUT2D eigenvalue weighted by Gasteiger charge is -2.46. The molecule has 1 aliphatic carbocycles. The van der Waals surface area contributed by atoms with Crippen molar-refractivity contribution >= 4 is 5.91 Å². The monoisotopic (exact) mass is 295 g/mol. The molecular weight excluding hydrogens is 262 g/mol. The van der Waals surface area contributed by atoms with Crippen LogP contribution in [0.2, 0.25) is 0 Å².